The number of pyridine rings is 1. The lowest BCUT2D eigenvalue weighted by atomic mass is 9.77. The molecule has 0 unspecified atom stereocenters. The lowest BCUT2D eigenvalue weighted by molar-refractivity contribution is 0.304. The molecule has 1 heterocycles. The quantitative estimate of drug-likeness (QED) is 0.669. The van der Waals surface area contributed by atoms with Crippen molar-refractivity contribution in [3.63, 3.8) is 0 Å². The Morgan fingerprint density at radius 2 is 1.79 bits per heavy atom. The minimum absolute atomic E-state index is 0.607. The maximum Gasteiger partial charge on any atom is 0.101 e. The second-order valence-corrected chi connectivity index (χ2v) is 7.03. The highest BCUT2D eigenvalue weighted by Gasteiger charge is 2.21. The Hall–Kier alpha value is -2.14. The normalized spacial score (nSPS) is 20.5. The molecule has 0 aliphatic heterocycles. The highest BCUT2D eigenvalue weighted by atomic mass is 14.7. The second-order valence-electron chi connectivity index (χ2n) is 7.03. The lowest BCUT2D eigenvalue weighted by Gasteiger charge is -2.29. The summed E-state index contributed by atoms with van der Waals surface area (Å²) in [6.45, 7) is 2.29. The Bertz CT molecular complexity index is 671. The summed E-state index contributed by atoms with van der Waals surface area (Å²) in [5.41, 5.74) is 4.14. The molecule has 0 spiro atoms. The van der Waals surface area contributed by atoms with E-state index in [2.05, 4.69) is 42.2 Å². The van der Waals surface area contributed by atoms with Crippen molar-refractivity contribution in [2.75, 3.05) is 0 Å². The Labute approximate surface area is 145 Å². The van der Waals surface area contributed by atoms with Gasteiger partial charge in [0.25, 0.3) is 0 Å². The predicted octanol–water partition coefficient (Wildman–Crippen LogP) is 6.08. The van der Waals surface area contributed by atoms with Gasteiger partial charge >= 0.3 is 0 Å². The summed E-state index contributed by atoms with van der Waals surface area (Å²) in [4.78, 5) is 4.38. The fraction of sp³-hybridized carbons (Fsp3) is 0.455. The van der Waals surface area contributed by atoms with Crippen LogP contribution in [0.2, 0.25) is 0 Å². The molecule has 0 radical (unpaired) electrons. The number of aromatic nitrogens is 1. The standard InChI is InChI=1S/C22H26N2/c1-2-3-4-17-5-8-19(9-6-17)20-10-12-21(13-11-20)22-14-7-18(15-23)16-24-22/h7,10-14,16-17,19H,2-6,8-9H2,1H3. The molecule has 1 aromatic heterocycles. The van der Waals surface area contributed by atoms with Gasteiger partial charge in [0.2, 0.25) is 0 Å². The van der Waals surface area contributed by atoms with Gasteiger partial charge in [-0.2, -0.15) is 5.26 Å². The number of nitrogens with zero attached hydrogens (tertiary/aromatic N) is 2. The molecular weight excluding hydrogens is 292 g/mol. The smallest absolute Gasteiger partial charge is 0.101 e. The van der Waals surface area contributed by atoms with E-state index in [1.54, 1.807) is 6.20 Å². The summed E-state index contributed by atoms with van der Waals surface area (Å²) in [6.07, 6.45) is 11.2. The van der Waals surface area contributed by atoms with Crippen LogP contribution in [-0.2, 0) is 0 Å². The maximum atomic E-state index is 8.86. The van der Waals surface area contributed by atoms with Gasteiger partial charge in [0.1, 0.15) is 6.07 Å². The number of hydrogen-bond acceptors (Lipinski definition) is 2. The molecule has 2 heteroatoms. The summed E-state index contributed by atoms with van der Waals surface area (Å²) in [5, 5.41) is 8.86. The van der Waals surface area contributed by atoms with Gasteiger partial charge in [-0.1, -0.05) is 50.5 Å². The van der Waals surface area contributed by atoms with Gasteiger partial charge in [0, 0.05) is 11.8 Å². The Balaban J connectivity index is 1.61. The number of rotatable bonds is 5. The van der Waals surface area contributed by atoms with Crippen molar-refractivity contribution >= 4 is 0 Å². The van der Waals surface area contributed by atoms with E-state index in [-0.39, 0.29) is 0 Å². The van der Waals surface area contributed by atoms with Crippen LogP contribution in [0.25, 0.3) is 11.3 Å². The summed E-state index contributed by atoms with van der Waals surface area (Å²) in [5.74, 6) is 1.69. The van der Waals surface area contributed by atoms with Crippen LogP contribution in [-0.4, -0.2) is 4.98 Å². The minimum Gasteiger partial charge on any atom is -0.255 e. The van der Waals surface area contributed by atoms with Crippen LogP contribution in [0.5, 0.6) is 0 Å². The molecule has 0 N–H and O–H groups in total. The van der Waals surface area contributed by atoms with E-state index >= 15 is 0 Å². The SMILES string of the molecule is CCCCC1CCC(c2ccc(-c3ccc(C#N)cn3)cc2)CC1. The van der Waals surface area contributed by atoms with Crippen LogP contribution in [0, 0.1) is 17.2 Å². The molecule has 1 aliphatic carbocycles. The fourth-order valence-corrected chi connectivity index (χ4v) is 3.83. The van der Waals surface area contributed by atoms with E-state index in [1.165, 1.54) is 50.5 Å². The molecule has 2 nitrogen and oxygen atoms in total. The summed E-state index contributed by atoms with van der Waals surface area (Å²) in [6, 6.07) is 14.7. The number of unbranched alkanes of at least 4 members (excludes halogenated alkanes) is 1. The molecule has 2 aromatic rings. The third-order valence-electron chi connectivity index (χ3n) is 5.38. The van der Waals surface area contributed by atoms with Crippen molar-refractivity contribution in [2.45, 2.75) is 57.8 Å². The summed E-state index contributed by atoms with van der Waals surface area (Å²) < 4.78 is 0. The fourth-order valence-electron chi connectivity index (χ4n) is 3.83. The van der Waals surface area contributed by atoms with Crippen molar-refractivity contribution in [2.24, 2.45) is 5.92 Å². The monoisotopic (exact) mass is 318 g/mol. The lowest BCUT2D eigenvalue weighted by Crippen LogP contribution is -2.13. The zero-order valence-corrected chi connectivity index (χ0v) is 14.5. The molecule has 1 aliphatic rings. The van der Waals surface area contributed by atoms with E-state index in [9.17, 15) is 0 Å². The van der Waals surface area contributed by atoms with Gasteiger partial charge in [-0.05, 0) is 55.2 Å². The third-order valence-corrected chi connectivity index (χ3v) is 5.38. The molecular formula is C22H26N2. The topological polar surface area (TPSA) is 36.7 Å². The van der Waals surface area contributed by atoms with E-state index in [0.717, 1.165) is 23.1 Å². The van der Waals surface area contributed by atoms with Crippen LogP contribution in [0.3, 0.4) is 0 Å². The Morgan fingerprint density at radius 1 is 1.04 bits per heavy atom. The van der Waals surface area contributed by atoms with E-state index in [4.69, 9.17) is 5.26 Å². The first-order valence-electron chi connectivity index (χ1n) is 9.26. The zero-order chi connectivity index (χ0) is 16.8. The number of nitriles is 1. The van der Waals surface area contributed by atoms with Crippen molar-refractivity contribution in [1.29, 1.82) is 5.26 Å². The number of hydrogen-bond donors (Lipinski definition) is 0. The minimum atomic E-state index is 0.607. The third kappa shape index (κ3) is 4.03. The van der Waals surface area contributed by atoms with Gasteiger partial charge in [-0.25, -0.2) is 0 Å². The van der Waals surface area contributed by atoms with Crippen LogP contribution in [0.1, 0.15) is 68.9 Å². The second kappa shape index (κ2) is 8.11. The molecule has 124 valence electrons. The van der Waals surface area contributed by atoms with Gasteiger partial charge in [-0.15, -0.1) is 0 Å². The van der Waals surface area contributed by atoms with Crippen LogP contribution >= 0.6 is 0 Å². The van der Waals surface area contributed by atoms with Gasteiger partial charge in [0.15, 0.2) is 0 Å². The van der Waals surface area contributed by atoms with Gasteiger partial charge < -0.3 is 0 Å². The number of benzene rings is 1. The summed E-state index contributed by atoms with van der Waals surface area (Å²) >= 11 is 0. The highest BCUT2D eigenvalue weighted by Crippen LogP contribution is 2.38. The van der Waals surface area contributed by atoms with E-state index in [0.29, 0.717) is 5.56 Å². The van der Waals surface area contributed by atoms with Crippen LogP contribution in [0.4, 0.5) is 0 Å². The first kappa shape index (κ1) is 16.7. The predicted molar refractivity (Wildman–Crippen MR) is 98.6 cm³/mol. The Morgan fingerprint density at radius 3 is 2.38 bits per heavy atom. The van der Waals surface area contributed by atoms with Crippen molar-refractivity contribution in [3.05, 3.63) is 53.7 Å². The molecule has 0 saturated heterocycles. The molecule has 1 saturated carbocycles. The average molecular weight is 318 g/mol. The molecule has 1 aromatic carbocycles. The van der Waals surface area contributed by atoms with Gasteiger partial charge in [0.05, 0.1) is 11.3 Å². The molecule has 1 fully saturated rings. The first-order chi connectivity index (χ1) is 11.8. The van der Waals surface area contributed by atoms with Crippen LogP contribution < -0.4 is 0 Å². The van der Waals surface area contributed by atoms with Crippen molar-refractivity contribution in [3.8, 4) is 17.3 Å². The average Bonchev–Trinajstić information content (AvgIpc) is 2.67. The first-order valence-corrected chi connectivity index (χ1v) is 9.26. The van der Waals surface area contributed by atoms with Crippen molar-refractivity contribution in [1.82, 2.24) is 4.98 Å². The molecule has 0 amide bonds. The van der Waals surface area contributed by atoms with Crippen LogP contribution in [0.15, 0.2) is 42.6 Å². The zero-order valence-electron chi connectivity index (χ0n) is 14.5. The van der Waals surface area contributed by atoms with E-state index < -0.39 is 0 Å². The molecule has 0 atom stereocenters. The summed E-state index contributed by atoms with van der Waals surface area (Å²) in [7, 11) is 0. The largest absolute Gasteiger partial charge is 0.255 e. The highest BCUT2D eigenvalue weighted by molar-refractivity contribution is 5.60. The van der Waals surface area contributed by atoms with Gasteiger partial charge in [-0.3, -0.25) is 4.98 Å². The van der Waals surface area contributed by atoms with Crippen molar-refractivity contribution < 1.29 is 0 Å². The molecule has 3 rings (SSSR count). The molecule has 24 heavy (non-hydrogen) atoms. The Kier molecular flexibility index (Phi) is 5.64. The molecule has 0 bridgehead atoms. The maximum absolute atomic E-state index is 8.86. The van der Waals surface area contributed by atoms with E-state index in [1.807, 2.05) is 12.1 Å².